The van der Waals surface area contributed by atoms with Crippen LogP contribution >= 0.6 is 11.6 Å². The first-order valence-electron chi connectivity index (χ1n) is 5.69. The van der Waals surface area contributed by atoms with Crippen molar-refractivity contribution in [3.05, 3.63) is 39.2 Å². The van der Waals surface area contributed by atoms with Crippen molar-refractivity contribution in [1.29, 1.82) is 0 Å². The summed E-state index contributed by atoms with van der Waals surface area (Å²) < 4.78 is 0. The number of rotatable bonds is 3. The summed E-state index contributed by atoms with van der Waals surface area (Å²) in [5.41, 5.74) is 10.2. The van der Waals surface area contributed by atoms with Crippen LogP contribution in [0.1, 0.15) is 12.0 Å². The molecular formula is C12H13ClN4O. The van der Waals surface area contributed by atoms with Gasteiger partial charge in [0.15, 0.2) is 0 Å². The average Bonchev–Trinajstić information content (AvgIpc) is 2.71. The lowest BCUT2D eigenvalue weighted by Crippen LogP contribution is -2.25. The second-order valence-corrected chi connectivity index (χ2v) is 4.86. The van der Waals surface area contributed by atoms with Crippen molar-refractivity contribution in [2.45, 2.75) is 13.3 Å². The van der Waals surface area contributed by atoms with Crippen LogP contribution in [0, 0.1) is 12.8 Å². The van der Waals surface area contributed by atoms with E-state index >= 15 is 0 Å². The molecule has 0 aliphatic carbocycles. The van der Waals surface area contributed by atoms with Gasteiger partial charge in [0.25, 0.3) is 0 Å². The highest BCUT2D eigenvalue weighted by molar-refractivity contribution is 6.31. The highest BCUT2D eigenvalue weighted by Crippen LogP contribution is 2.30. The van der Waals surface area contributed by atoms with Crippen molar-refractivity contribution in [2.24, 2.45) is 11.0 Å². The van der Waals surface area contributed by atoms with Gasteiger partial charge in [-0.05, 0) is 36.1 Å². The van der Waals surface area contributed by atoms with E-state index in [1.807, 2.05) is 13.0 Å². The summed E-state index contributed by atoms with van der Waals surface area (Å²) in [6.07, 6.45) is 0.422. The fourth-order valence-electron chi connectivity index (χ4n) is 2.16. The highest BCUT2D eigenvalue weighted by Gasteiger charge is 2.30. The predicted molar refractivity (Wildman–Crippen MR) is 70.7 cm³/mol. The minimum atomic E-state index is 0.0542. The number of azide groups is 1. The zero-order chi connectivity index (χ0) is 13.1. The minimum absolute atomic E-state index is 0.0542. The molecule has 2 rings (SSSR count). The van der Waals surface area contributed by atoms with Gasteiger partial charge in [-0.3, -0.25) is 4.79 Å². The van der Waals surface area contributed by atoms with Crippen LogP contribution in [-0.4, -0.2) is 19.0 Å². The summed E-state index contributed by atoms with van der Waals surface area (Å²) in [6, 6.07) is 5.49. The fraction of sp³-hybridized carbons (Fsp3) is 0.417. The molecule has 0 N–H and O–H groups in total. The number of carbonyl (C=O) groups is 1. The summed E-state index contributed by atoms with van der Waals surface area (Å²) in [5.74, 6) is 0.144. The number of nitrogens with zero attached hydrogens (tertiary/aromatic N) is 4. The molecule has 1 saturated heterocycles. The van der Waals surface area contributed by atoms with Crippen molar-refractivity contribution in [3.63, 3.8) is 0 Å². The molecular weight excluding hydrogens is 252 g/mol. The number of aryl methyl sites for hydroxylation is 1. The van der Waals surface area contributed by atoms with Gasteiger partial charge in [0, 0.05) is 35.1 Å². The van der Waals surface area contributed by atoms with E-state index in [0.29, 0.717) is 24.5 Å². The Kier molecular flexibility index (Phi) is 3.75. The Hall–Kier alpha value is -1.71. The Morgan fingerprint density at radius 1 is 1.61 bits per heavy atom. The molecule has 18 heavy (non-hydrogen) atoms. The van der Waals surface area contributed by atoms with Crippen LogP contribution in [-0.2, 0) is 4.79 Å². The number of halogens is 1. The molecule has 6 heteroatoms. The van der Waals surface area contributed by atoms with E-state index in [4.69, 9.17) is 17.1 Å². The average molecular weight is 265 g/mol. The molecule has 5 nitrogen and oxygen atoms in total. The van der Waals surface area contributed by atoms with E-state index in [1.165, 1.54) is 0 Å². The first-order valence-corrected chi connectivity index (χ1v) is 6.07. The molecule has 0 bridgehead atoms. The Labute approximate surface area is 110 Å². The number of carbonyl (C=O) groups excluding carboxylic acids is 1. The fourth-order valence-corrected chi connectivity index (χ4v) is 2.33. The van der Waals surface area contributed by atoms with Gasteiger partial charge in [-0.15, -0.1) is 0 Å². The lowest BCUT2D eigenvalue weighted by Gasteiger charge is -2.19. The zero-order valence-electron chi connectivity index (χ0n) is 10.0. The molecule has 0 spiro atoms. The molecule has 1 aromatic carbocycles. The lowest BCUT2D eigenvalue weighted by atomic mass is 10.1. The molecule has 0 radical (unpaired) electrons. The monoisotopic (exact) mass is 264 g/mol. The van der Waals surface area contributed by atoms with Crippen LogP contribution in [0.25, 0.3) is 10.4 Å². The maximum absolute atomic E-state index is 12.0. The maximum Gasteiger partial charge on any atom is 0.227 e. The molecule has 94 valence electrons. The Morgan fingerprint density at radius 2 is 2.39 bits per heavy atom. The predicted octanol–water partition coefficient (Wildman–Crippen LogP) is 3.31. The molecule has 1 aliphatic heterocycles. The van der Waals surface area contributed by atoms with E-state index in [0.717, 1.165) is 11.3 Å². The van der Waals surface area contributed by atoms with Crippen molar-refractivity contribution in [1.82, 2.24) is 0 Å². The van der Waals surface area contributed by atoms with Gasteiger partial charge >= 0.3 is 0 Å². The van der Waals surface area contributed by atoms with E-state index in [-0.39, 0.29) is 11.8 Å². The smallest absolute Gasteiger partial charge is 0.227 e. The molecule has 1 fully saturated rings. The van der Waals surface area contributed by atoms with E-state index in [2.05, 4.69) is 10.0 Å². The summed E-state index contributed by atoms with van der Waals surface area (Å²) in [7, 11) is 0. The third kappa shape index (κ3) is 2.58. The van der Waals surface area contributed by atoms with Gasteiger partial charge < -0.3 is 4.90 Å². The van der Waals surface area contributed by atoms with Crippen molar-refractivity contribution in [3.8, 4) is 0 Å². The summed E-state index contributed by atoms with van der Waals surface area (Å²) in [6.45, 7) is 2.89. The Morgan fingerprint density at radius 3 is 3.11 bits per heavy atom. The Balaban J connectivity index is 2.21. The largest absolute Gasteiger partial charge is 0.312 e. The van der Waals surface area contributed by atoms with Crippen molar-refractivity contribution >= 4 is 23.2 Å². The number of amides is 1. The van der Waals surface area contributed by atoms with Gasteiger partial charge in [0.1, 0.15) is 0 Å². The summed E-state index contributed by atoms with van der Waals surface area (Å²) >= 11 is 5.96. The highest BCUT2D eigenvalue weighted by atomic mass is 35.5. The lowest BCUT2D eigenvalue weighted by molar-refractivity contribution is -0.117. The second-order valence-electron chi connectivity index (χ2n) is 4.42. The van der Waals surface area contributed by atoms with Crippen LogP contribution in [0.4, 0.5) is 5.69 Å². The number of anilines is 1. The SMILES string of the molecule is Cc1ccc(Cl)cc1N1CC(CN=[N+]=[N-])CC1=O. The Bertz CT molecular complexity index is 525. The van der Waals surface area contributed by atoms with Crippen molar-refractivity contribution < 1.29 is 4.79 Å². The number of benzene rings is 1. The van der Waals surface area contributed by atoms with Gasteiger partial charge in [0.05, 0.1) is 0 Å². The topological polar surface area (TPSA) is 69.1 Å². The minimum Gasteiger partial charge on any atom is -0.312 e. The summed E-state index contributed by atoms with van der Waals surface area (Å²) in [4.78, 5) is 16.4. The van der Waals surface area contributed by atoms with Crippen molar-refractivity contribution in [2.75, 3.05) is 18.0 Å². The third-order valence-electron chi connectivity index (χ3n) is 3.07. The third-order valence-corrected chi connectivity index (χ3v) is 3.31. The standard InChI is InChI=1S/C12H13ClN4O/c1-8-2-3-10(13)5-11(8)17-7-9(4-12(17)18)6-15-16-14/h2-3,5,9H,4,6-7H2,1H3. The van der Waals surface area contributed by atoms with Crippen LogP contribution in [0.15, 0.2) is 23.3 Å². The molecule has 0 aromatic heterocycles. The van der Waals surface area contributed by atoms with Gasteiger partial charge in [0.2, 0.25) is 5.91 Å². The number of hydrogen-bond acceptors (Lipinski definition) is 2. The summed E-state index contributed by atoms with van der Waals surface area (Å²) in [5, 5.41) is 4.14. The second kappa shape index (κ2) is 5.29. The van der Waals surface area contributed by atoms with Crippen LogP contribution in [0.3, 0.4) is 0 Å². The van der Waals surface area contributed by atoms with E-state index in [1.54, 1.807) is 17.0 Å². The van der Waals surface area contributed by atoms with Gasteiger partial charge in [-0.1, -0.05) is 22.8 Å². The molecule has 1 aromatic rings. The first kappa shape index (κ1) is 12.7. The normalized spacial score (nSPS) is 18.9. The number of hydrogen-bond donors (Lipinski definition) is 0. The van der Waals surface area contributed by atoms with Gasteiger partial charge in [-0.25, -0.2) is 0 Å². The molecule has 1 unspecified atom stereocenters. The van der Waals surface area contributed by atoms with E-state index in [9.17, 15) is 4.79 Å². The quantitative estimate of drug-likeness (QED) is 0.469. The zero-order valence-corrected chi connectivity index (χ0v) is 10.8. The molecule has 1 heterocycles. The molecule has 1 aliphatic rings. The van der Waals surface area contributed by atoms with Crippen LogP contribution in [0.2, 0.25) is 5.02 Å². The van der Waals surface area contributed by atoms with Gasteiger partial charge in [-0.2, -0.15) is 0 Å². The molecule has 1 atom stereocenters. The van der Waals surface area contributed by atoms with E-state index < -0.39 is 0 Å². The maximum atomic E-state index is 12.0. The molecule has 1 amide bonds. The molecule has 0 saturated carbocycles. The van der Waals surface area contributed by atoms with Crippen LogP contribution in [0.5, 0.6) is 0 Å². The van der Waals surface area contributed by atoms with Crippen LogP contribution < -0.4 is 4.90 Å². The first-order chi connectivity index (χ1) is 8.61.